The van der Waals surface area contributed by atoms with Crippen LogP contribution in [0, 0.1) is 25.7 Å². The summed E-state index contributed by atoms with van der Waals surface area (Å²) < 4.78 is 0. The summed E-state index contributed by atoms with van der Waals surface area (Å²) >= 11 is 0. The van der Waals surface area contributed by atoms with Crippen LogP contribution in [-0.2, 0) is 16.0 Å². The number of carbonyl (C=O) groups is 2. The van der Waals surface area contributed by atoms with E-state index in [0.29, 0.717) is 6.54 Å². The number of nitrogens with one attached hydrogen (secondary N) is 1. The second-order valence-electron chi connectivity index (χ2n) is 8.15. The molecule has 3 rings (SSSR count). The lowest BCUT2D eigenvalue weighted by Gasteiger charge is -2.30. The highest BCUT2D eigenvalue weighted by molar-refractivity contribution is 5.93. The van der Waals surface area contributed by atoms with Gasteiger partial charge in [0.2, 0.25) is 11.8 Å². The van der Waals surface area contributed by atoms with Crippen molar-refractivity contribution in [3.05, 3.63) is 59.4 Å². The van der Waals surface area contributed by atoms with E-state index in [9.17, 15) is 9.59 Å². The molecule has 1 fully saturated rings. The molecule has 1 N–H and O–H groups in total. The number of rotatable bonds is 6. The maximum Gasteiger partial charge on any atom is 0.227 e. The minimum atomic E-state index is -0.0129. The number of aromatic nitrogens is 1. The number of pyridine rings is 1. The fourth-order valence-electron chi connectivity index (χ4n) is 3.99. The van der Waals surface area contributed by atoms with Crippen molar-refractivity contribution >= 4 is 17.5 Å². The molecule has 0 bridgehead atoms. The molecule has 0 unspecified atom stereocenters. The van der Waals surface area contributed by atoms with Crippen LogP contribution in [0.4, 0.5) is 5.69 Å². The highest BCUT2D eigenvalue weighted by Gasteiger charge is 2.31. The fraction of sp³-hybridized carbons (Fsp3) is 0.458. The van der Waals surface area contributed by atoms with Gasteiger partial charge < -0.3 is 10.2 Å². The molecule has 0 spiro atoms. The molecular formula is C24H31N3O2. The number of nitrogens with zero attached hydrogens (tertiary/aromatic N) is 2. The van der Waals surface area contributed by atoms with Crippen molar-refractivity contribution in [1.82, 2.24) is 9.88 Å². The molecule has 2 aromatic rings. The Morgan fingerprint density at radius 3 is 2.38 bits per heavy atom. The van der Waals surface area contributed by atoms with Gasteiger partial charge in [0.25, 0.3) is 0 Å². The molecule has 1 heterocycles. The molecule has 0 saturated heterocycles. The molecule has 0 aliphatic heterocycles. The van der Waals surface area contributed by atoms with Gasteiger partial charge >= 0.3 is 0 Å². The maximum absolute atomic E-state index is 12.8. The topological polar surface area (TPSA) is 62.3 Å². The lowest BCUT2D eigenvalue weighted by Crippen LogP contribution is -2.37. The first kappa shape index (κ1) is 21.0. The molecule has 1 saturated carbocycles. The Morgan fingerprint density at radius 1 is 1.03 bits per heavy atom. The summed E-state index contributed by atoms with van der Waals surface area (Å²) in [5.74, 6) is 0.298. The lowest BCUT2D eigenvalue weighted by molar-refractivity contribution is -0.136. The monoisotopic (exact) mass is 393 g/mol. The van der Waals surface area contributed by atoms with Crippen LogP contribution >= 0.6 is 0 Å². The molecule has 29 heavy (non-hydrogen) atoms. The van der Waals surface area contributed by atoms with Crippen LogP contribution in [0.2, 0.25) is 0 Å². The Balaban J connectivity index is 1.47. The minimum absolute atomic E-state index is 0.0129. The van der Waals surface area contributed by atoms with Gasteiger partial charge in [-0.3, -0.25) is 14.6 Å². The van der Waals surface area contributed by atoms with Gasteiger partial charge in [0, 0.05) is 43.5 Å². The summed E-state index contributed by atoms with van der Waals surface area (Å²) in [6, 6.07) is 9.94. The SMILES string of the molecule is Cc1cccc(NC(=O)C2CCC(C(=O)N(C)CCc3ccncc3)CC2)c1C. The number of amides is 2. The summed E-state index contributed by atoms with van der Waals surface area (Å²) in [4.78, 5) is 31.3. The standard InChI is InChI=1S/C24H31N3O2/c1-17-5-4-6-22(18(17)2)26-23(28)20-7-9-21(10-8-20)24(29)27(3)16-13-19-11-14-25-15-12-19/h4-6,11-12,14-15,20-21H,7-10,13,16H2,1-3H3,(H,26,28). The molecule has 5 nitrogen and oxygen atoms in total. The van der Waals surface area contributed by atoms with Gasteiger partial charge in [-0.2, -0.15) is 0 Å². The van der Waals surface area contributed by atoms with Gasteiger partial charge in [0.05, 0.1) is 0 Å². The van der Waals surface area contributed by atoms with Gasteiger partial charge in [0.1, 0.15) is 0 Å². The third-order valence-electron chi connectivity index (χ3n) is 6.17. The van der Waals surface area contributed by atoms with Crippen LogP contribution in [0.25, 0.3) is 0 Å². The van der Waals surface area contributed by atoms with Crippen molar-refractivity contribution in [3.63, 3.8) is 0 Å². The highest BCUT2D eigenvalue weighted by atomic mass is 16.2. The van der Waals surface area contributed by atoms with Crippen molar-refractivity contribution in [2.75, 3.05) is 18.9 Å². The summed E-state index contributed by atoms with van der Waals surface area (Å²) in [6.07, 6.45) is 7.49. The Bertz CT molecular complexity index is 842. The van der Waals surface area contributed by atoms with E-state index in [0.717, 1.165) is 43.4 Å². The van der Waals surface area contributed by atoms with E-state index < -0.39 is 0 Å². The number of anilines is 1. The van der Waals surface area contributed by atoms with Crippen LogP contribution in [0.15, 0.2) is 42.7 Å². The summed E-state index contributed by atoms with van der Waals surface area (Å²) in [5.41, 5.74) is 4.36. The predicted octanol–water partition coefficient (Wildman–Crippen LogP) is 4.14. The first-order valence-electron chi connectivity index (χ1n) is 10.5. The van der Waals surface area contributed by atoms with Gasteiger partial charge in [-0.1, -0.05) is 12.1 Å². The summed E-state index contributed by atoms with van der Waals surface area (Å²) in [5, 5.41) is 3.09. The van der Waals surface area contributed by atoms with E-state index in [2.05, 4.69) is 10.3 Å². The second-order valence-corrected chi connectivity index (χ2v) is 8.15. The number of aryl methyl sites for hydroxylation is 1. The lowest BCUT2D eigenvalue weighted by atomic mass is 9.81. The number of hydrogen-bond acceptors (Lipinski definition) is 3. The predicted molar refractivity (Wildman–Crippen MR) is 116 cm³/mol. The quantitative estimate of drug-likeness (QED) is 0.802. The van der Waals surface area contributed by atoms with Crippen molar-refractivity contribution in [1.29, 1.82) is 0 Å². The van der Waals surface area contributed by atoms with E-state index in [4.69, 9.17) is 0 Å². The van der Waals surface area contributed by atoms with E-state index in [1.54, 1.807) is 12.4 Å². The minimum Gasteiger partial charge on any atom is -0.345 e. The molecule has 1 aliphatic carbocycles. The first-order valence-corrected chi connectivity index (χ1v) is 10.5. The number of carbonyl (C=O) groups excluding carboxylic acids is 2. The van der Waals surface area contributed by atoms with Gasteiger partial charge in [-0.15, -0.1) is 0 Å². The Kier molecular flexibility index (Phi) is 7.02. The average molecular weight is 394 g/mol. The zero-order valence-electron chi connectivity index (χ0n) is 17.6. The first-order chi connectivity index (χ1) is 14.0. The third-order valence-corrected chi connectivity index (χ3v) is 6.17. The van der Waals surface area contributed by atoms with E-state index in [1.807, 2.05) is 56.1 Å². The Hall–Kier alpha value is -2.69. The summed E-state index contributed by atoms with van der Waals surface area (Å²) in [7, 11) is 1.88. The smallest absolute Gasteiger partial charge is 0.227 e. The normalized spacial score (nSPS) is 18.9. The van der Waals surface area contributed by atoms with Crippen LogP contribution < -0.4 is 5.32 Å². The maximum atomic E-state index is 12.8. The molecule has 154 valence electrons. The van der Waals surface area contributed by atoms with Gasteiger partial charge in [-0.05, 0) is 80.8 Å². The average Bonchev–Trinajstić information content (AvgIpc) is 2.75. The molecule has 1 aromatic carbocycles. The van der Waals surface area contributed by atoms with Gasteiger partial charge in [-0.25, -0.2) is 0 Å². The number of hydrogen-bond donors (Lipinski definition) is 1. The van der Waals surface area contributed by atoms with E-state index in [1.165, 1.54) is 11.1 Å². The molecule has 1 aromatic heterocycles. The zero-order chi connectivity index (χ0) is 20.8. The molecule has 0 radical (unpaired) electrons. The largest absolute Gasteiger partial charge is 0.345 e. The van der Waals surface area contributed by atoms with Crippen molar-refractivity contribution in [2.45, 2.75) is 46.0 Å². The van der Waals surface area contributed by atoms with Crippen molar-refractivity contribution in [3.8, 4) is 0 Å². The second kappa shape index (κ2) is 9.68. The van der Waals surface area contributed by atoms with Crippen molar-refractivity contribution in [2.24, 2.45) is 11.8 Å². The van der Waals surface area contributed by atoms with Crippen LogP contribution in [0.1, 0.15) is 42.4 Å². The van der Waals surface area contributed by atoms with Crippen LogP contribution in [-0.4, -0.2) is 35.3 Å². The highest BCUT2D eigenvalue weighted by Crippen LogP contribution is 2.31. The Morgan fingerprint density at radius 2 is 1.69 bits per heavy atom. The molecule has 0 atom stereocenters. The molecule has 5 heteroatoms. The van der Waals surface area contributed by atoms with Gasteiger partial charge in [0.15, 0.2) is 0 Å². The summed E-state index contributed by atoms with van der Waals surface area (Å²) in [6.45, 7) is 4.78. The molecular weight excluding hydrogens is 362 g/mol. The number of likely N-dealkylation sites (N-methyl/N-ethyl adjacent to an activating group) is 1. The van der Waals surface area contributed by atoms with Crippen LogP contribution in [0.5, 0.6) is 0 Å². The van der Waals surface area contributed by atoms with E-state index in [-0.39, 0.29) is 23.7 Å². The third kappa shape index (κ3) is 5.43. The molecule has 1 aliphatic rings. The van der Waals surface area contributed by atoms with Crippen molar-refractivity contribution < 1.29 is 9.59 Å². The number of benzene rings is 1. The van der Waals surface area contributed by atoms with E-state index >= 15 is 0 Å². The van der Waals surface area contributed by atoms with Crippen LogP contribution in [0.3, 0.4) is 0 Å². The Labute approximate surface area is 173 Å². The zero-order valence-corrected chi connectivity index (χ0v) is 17.6. The molecule has 2 amide bonds. The fourth-order valence-corrected chi connectivity index (χ4v) is 3.99.